The lowest BCUT2D eigenvalue weighted by atomic mass is 10.1. The summed E-state index contributed by atoms with van der Waals surface area (Å²) >= 11 is 0. The van der Waals surface area contributed by atoms with Gasteiger partial charge in [-0.15, -0.1) is 0 Å². The van der Waals surface area contributed by atoms with Gasteiger partial charge in [-0.05, 0) is 34.4 Å². The normalized spacial score (nSPS) is 11.6. The van der Waals surface area contributed by atoms with Crippen molar-refractivity contribution >= 4 is 0 Å². The number of ether oxygens (including phenoxy) is 3. The molecule has 1 unspecified atom stereocenters. The molecule has 0 saturated heterocycles. The molecule has 5 heteroatoms. The average Bonchev–Trinajstić information content (AvgIpc) is 2.91. The summed E-state index contributed by atoms with van der Waals surface area (Å²) < 4.78 is 18.6. The van der Waals surface area contributed by atoms with Crippen molar-refractivity contribution in [2.45, 2.75) is 32.3 Å². The summed E-state index contributed by atoms with van der Waals surface area (Å²) in [4.78, 5) is 0. The van der Waals surface area contributed by atoms with E-state index in [-0.39, 0.29) is 13.0 Å². The molecule has 0 heterocycles. The van der Waals surface area contributed by atoms with Crippen LogP contribution in [-0.4, -0.2) is 16.8 Å². The maximum absolute atomic E-state index is 10.6. The molecule has 4 rings (SSSR count). The summed E-state index contributed by atoms with van der Waals surface area (Å²) in [6.45, 7) is 0.872. The average molecular weight is 471 g/mol. The molecule has 0 aliphatic carbocycles. The lowest BCUT2D eigenvalue weighted by molar-refractivity contribution is 0.133. The third-order valence-electron chi connectivity index (χ3n) is 5.53. The predicted molar refractivity (Wildman–Crippen MR) is 135 cm³/mol. The number of hydrogen-bond donors (Lipinski definition) is 2. The molecule has 0 aromatic heterocycles. The Morgan fingerprint density at radius 1 is 0.571 bits per heavy atom. The highest BCUT2D eigenvalue weighted by Crippen LogP contribution is 2.42. The zero-order chi connectivity index (χ0) is 24.3. The minimum atomic E-state index is -0.860. The van der Waals surface area contributed by atoms with Crippen LogP contribution in [0.3, 0.4) is 0 Å². The van der Waals surface area contributed by atoms with Crippen molar-refractivity contribution in [2.75, 3.05) is 6.61 Å². The van der Waals surface area contributed by atoms with Crippen molar-refractivity contribution in [3.63, 3.8) is 0 Å². The fraction of sp³-hybridized carbons (Fsp3) is 0.200. The van der Waals surface area contributed by atoms with Crippen LogP contribution in [-0.2, 0) is 19.8 Å². The lowest BCUT2D eigenvalue weighted by Crippen LogP contribution is -2.07. The van der Waals surface area contributed by atoms with Crippen molar-refractivity contribution in [2.24, 2.45) is 0 Å². The third kappa shape index (κ3) is 7.09. The van der Waals surface area contributed by atoms with E-state index in [9.17, 15) is 10.2 Å². The van der Waals surface area contributed by atoms with Crippen molar-refractivity contribution in [1.29, 1.82) is 0 Å². The molecule has 0 radical (unpaired) electrons. The molecule has 0 spiro atoms. The van der Waals surface area contributed by atoms with Crippen LogP contribution in [0.5, 0.6) is 17.2 Å². The Bertz CT molecular complexity index is 1100. The second-order valence-electron chi connectivity index (χ2n) is 8.20. The molecule has 0 aliphatic heterocycles. The smallest absolute Gasteiger partial charge is 0.203 e. The standard InChI is InChI=1S/C30H30O5/c31-17-16-27(32)26-18-28(33-20-23-10-4-1-5-11-23)30(35-22-25-14-8-3-9-15-25)29(19-26)34-21-24-12-6-2-7-13-24/h1-15,18-19,27,31-32H,16-17,20-22H2. The highest BCUT2D eigenvalue weighted by atomic mass is 16.5. The van der Waals surface area contributed by atoms with Crippen LogP contribution in [0, 0.1) is 0 Å². The van der Waals surface area contributed by atoms with Gasteiger partial charge in [-0.2, -0.15) is 0 Å². The Balaban J connectivity index is 1.67. The molecule has 4 aromatic carbocycles. The Labute approximate surface area is 206 Å². The zero-order valence-electron chi connectivity index (χ0n) is 19.5. The molecule has 4 aromatic rings. The van der Waals surface area contributed by atoms with Crippen LogP contribution in [0.4, 0.5) is 0 Å². The SMILES string of the molecule is OCCC(O)c1cc(OCc2ccccc2)c(OCc2ccccc2)c(OCc2ccccc2)c1. The molecular formula is C30H30O5. The summed E-state index contributed by atoms with van der Waals surface area (Å²) in [6.07, 6.45) is -0.651. The topological polar surface area (TPSA) is 68.2 Å². The van der Waals surface area contributed by atoms with Crippen molar-refractivity contribution in [1.82, 2.24) is 0 Å². The molecule has 0 bridgehead atoms. The second kappa shape index (κ2) is 12.6. The molecular weight excluding hydrogens is 440 g/mol. The van der Waals surface area contributed by atoms with Crippen LogP contribution in [0.15, 0.2) is 103 Å². The molecule has 0 amide bonds. The number of aliphatic hydroxyl groups is 2. The van der Waals surface area contributed by atoms with Gasteiger partial charge in [-0.3, -0.25) is 0 Å². The van der Waals surface area contributed by atoms with Crippen LogP contribution in [0.1, 0.15) is 34.8 Å². The van der Waals surface area contributed by atoms with Crippen molar-refractivity contribution < 1.29 is 24.4 Å². The van der Waals surface area contributed by atoms with Crippen molar-refractivity contribution in [3.05, 3.63) is 125 Å². The Kier molecular flexibility index (Phi) is 8.76. The fourth-order valence-corrected chi connectivity index (χ4v) is 3.64. The Hall–Kier alpha value is -3.80. The quantitative estimate of drug-likeness (QED) is 0.272. The van der Waals surface area contributed by atoms with E-state index in [2.05, 4.69) is 0 Å². The van der Waals surface area contributed by atoms with E-state index < -0.39 is 6.10 Å². The summed E-state index contributed by atoms with van der Waals surface area (Å²) in [5.74, 6) is 1.42. The second-order valence-corrected chi connectivity index (χ2v) is 8.20. The van der Waals surface area contributed by atoms with E-state index in [1.165, 1.54) is 0 Å². The van der Waals surface area contributed by atoms with Crippen molar-refractivity contribution in [3.8, 4) is 17.2 Å². The summed E-state index contributed by atoms with van der Waals surface area (Å²) in [5.41, 5.74) is 3.63. The highest BCUT2D eigenvalue weighted by Gasteiger charge is 2.20. The zero-order valence-corrected chi connectivity index (χ0v) is 19.5. The van der Waals surface area contributed by atoms with E-state index >= 15 is 0 Å². The van der Waals surface area contributed by atoms with Crippen LogP contribution in [0.2, 0.25) is 0 Å². The van der Waals surface area contributed by atoms with Crippen LogP contribution >= 0.6 is 0 Å². The fourth-order valence-electron chi connectivity index (χ4n) is 3.64. The molecule has 0 aliphatic rings. The largest absolute Gasteiger partial charge is 0.485 e. The first-order valence-corrected chi connectivity index (χ1v) is 11.7. The van der Waals surface area contributed by atoms with Gasteiger partial charge < -0.3 is 24.4 Å². The van der Waals surface area contributed by atoms with Gasteiger partial charge in [0.2, 0.25) is 5.75 Å². The first-order valence-electron chi connectivity index (χ1n) is 11.7. The van der Waals surface area contributed by atoms with E-state index in [1.807, 2.05) is 91.0 Å². The van der Waals surface area contributed by atoms with Gasteiger partial charge in [0.25, 0.3) is 0 Å². The van der Waals surface area contributed by atoms with Gasteiger partial charge in [0, 0.05) is 13.0 Å². The molecule has 2 N–H and O–H groups in total. The maximum atomic E-state index is 10.6. The van der Waals surface area contributed by atoms with Gasteiger partial charge in [0.05, 0.1) is 6.10 Å². The summed E-state index contributed by atoms with van der Waals surface area (Å²) in [7, 11) is 0. The number of hydrogen-bond acceptors (Lipinski definition) is 5. The molecule has 35 heavy (non-hydrogen) atoms. The molecule has 5 nitrogen and oxygen atoms in total. The van der Waals surface area contributed by atoms with E-state index in [0.717, 1.165) is 16.7 Å². The Morgan fingerprint density at radius 2 is 0.971 bits per heavy atom. The Morgan fingerprint density at radius 3 is 1.37 bits per heavy atom. The third-order valence-corrected chi connectivity index (χ3v) is 5.53. The van der Waals surface area contributed by atoms with Gasteiger partial charge in [0.1, 0.15) is 19.8 Å². The molecule has 180 valence electrons. The summed E-state index contributed by atoms with van der Waals surface area (Å²) in [5, 5.41) is 20.0. The van der Waals surface area contributed by atoms with Gasteiger partial charge in [-0.25, -0.2) is 0 Å². The van der Waals surface area contributed by atoms with Gasteiger partial charge >= 0.3 is 0 Å². The molecule has 0 fully saturated rings. The van der Waals surface area contributed by atoms with Gasteiger partial charge in [0.15, 0.2) is 11.5 Å². The van der Waals surface area contributed by atoms with E-state index in [0.29, 0.717) is 42.6 Å². The van der Waals surface area contributed by atoms with Gasteiger partial charge in [-0.1, -0.05) is 91.0 Å². The molecule has 0 saturated carbocycles. The van der Waals surface area contributed by atoms with E-state index in [1.54, 1.807) is 12.1 Å². The number of aliphatic hydroxyl groups excluding tert-OH is 2. The predicted octanol–water partition coefficient (Wildman–Crippen LogP) is 5.84. The first-order chi connectivity index (χ1) is 17.2. The van der Waals surface area contributed by atoms with Crippen LogP contribution in [0.25, 0.3) is 0 Å². The molecule has 1 atom stereocenters. The minimum Gasteiger partial charge on any atom is -0.485 e. The summed E-state index contributed by atoms with van der Waals surface area (Å²) in [6, 6.07) is 33.1. The monoisotopic (exact) mass is 470 g/mol. The number of benzene rings is 4. The lowest BCUT2D eigenvalue weighted by Gasteiger charge is -2.20. The first kappa shape index (κ1) is 24.3. The minimum absolute atomic E-state index is 0.131. The van der Waals surface area contributed by atoms with E-state index in [4.69, 9.17) is 14.2 Å². The highest BCUT2D eigenvalue weighted by molar-refractivity contribution is 5.54. The maximum Gasteiger partial charge on any atom is 0.203 e. The number of rotatable bonds is 12. The van der Waals surface area contributed by atoms with Crippen LogP contribution < -0.4 is 14.2 Å².